The number of hydrogen-bond acceptors (Lipinski definition) is 3. The maximum absolute atomic E-state index is 12.2. The van der Waals surface area contributed by atoms with Crippen molar-refractivity contribution in [2.24, 2.45) is 0 Å². The van der Waals surface area contributed by atoms with Crippen molar-refractivity contribution in [3.63, 3.8) is 0 Å². The minimum Gasteiger partial charge on any atom is -0.388 e. The normalized spacial score (nSPS) is 17.6. The molecule has 1 aliphatic carbocycles. The summed E-state index contributed by atoms with van der Waals surface area (Å²) in [7, 11) is 0. The van der Waals surface area contributed by atoms with Gasteiger partial charge in [0.25, 0.3) is 5.91 Å². The predicted molar refractivity (Wildman–Crippen MR) is 68.5 cm³/mol. The Morgan fingerprint density at radius 3 is 2.72 bits per heavy atom. The molecule has 3 N–H and O–H groups in total. The highest BCUT2D eigenvalue weighted by molar-refractivity contribution is 5.96. The van der Waals surface area contributed by atoms with Gasteiger partial charge < -0.3 is 10.4 Å². The second-order valence-electron chi connectivity index (χ2n) is 5.52. The summed E-state index contributed by atoms with van der Waals surface area (Å²) in [6.45, 7) is 6.18. The van der Waals surface area contributed by atoms with E-state index in [1.165, 1.54) is 0 Å². The van der Waals surface area contributed by atoms with Crippen LogP contribution in [0.4, 0.5) is 0 Å². The first-order valence-corrected chi connectivity index (χ1v) is 6.48. The van der Waals surface area contributed by atoms with Crippen LogP contribution in [0.5, 0.6) is 0 Å². The van der Waals surface area contributed by atoms with Crippen LogP contribution in [0, 0.1) is 6.92 Å². The van der Waals surface area contributed by atoms with E-state index in [0.29, 0.717) is 12.1 Å². The standard InChI is InChI=1S/C13H21N3O2/c1-8(2)11-10(9(3)15-16-11)12(17)14-7-13(18)5-4-6-13/h8,18H,4-7H2,1-3H3,(H,14,17)(H,15,16). The van der Waals surface area contributed by atoms with Gasteiger partial charge in [-0.2, -0.15) is 5.10 Å². The molecule has 0 bridgehead atoms. The molecule has 5 heteroatoms. The Balaban J connectivity index is 2.06. The zero-order valence-electron chi connectivity index (χ0n) is 11.2. The van der Waals surface area contributed by atoms with E-state index < -0.39 is 5.60 Å². The molecule has 1 amide bonds. The number of nitrogens with zero attached hydrogens (tertiary/aromatic N) is 1. The van der Waals surface area contributed by atoms with Crippen LogP contribution in [0.1, 0.15) is 60.8 Å². The van der Waals surface area contributed by atoms with E-state index in [1.54, 1.807) is 0 Å². The van der Waals surface area contributed by atoms with Crippen LogP contribution in [0.2, 0.25) is 0 Å². The zero-order chi connectivity index (χ0) is 13.3. The third-order valence-corrected chi connectivity index (χ3v) is 3.61. The fourth-order valence-corrected chi connectivity index (χ4v) is 2.25. The third kappa shape index (κ3) is 2.41. The van der Waals surface area contributed by atoms with Crippen LogP contribution in [-0.4, -0.2) is 33.4 Å². The number of aliphatic hydroxyl groups is 1. The quantitative estimate of drug-likeness (QED) is 0.758. The Morgan fingerprint density at radius 2 is 2.22 bits per heavy atom. The van der Waals surface area contributed by atoms with Gasteiger partial charge >= 0.3 is 0 Å². The zero-order valence-corrected chi connectivity index (χ0v) is 11.2. The average molecular weight is 251 g/mol. The maximum atomic E-state index is 12.2. The molecule has 0 radical (unpaired) electrons. The highest BCUT2D eigenvalue weighted by Crippen LogP contribution is 2.30. The van der Waals surface area contributed by atoms with Gasteiger partial charge in [-0.1, -0.05) is 13.8 Å². The van der Waals surface area contributed by atoms with Crippen LogP contribution in [0.3, 0.4) is 0 Å². The summed E-state index contributed by atoms with van der Waals surface area (Å²) in [6.07, 6.45) is 2.58. The summed E-state index contributed by atoms with van der Waals surface area (Å²) in [4.78, 5) is 12.2. The second-order valence-corrected chi connectivity index (χ2v) is 5.52. The molecule has 100 valence electrons. The average Bonchev–Trinajstić information content (AvgIpc) is 2.65. The molecule has 1 aromatic heterocycles. The molecule has 1 fully saturated rings. The monoisotopic (exact) mass is 251 g/mol. The Hall–Kier alpha value is -1.36. The van der Waals surface area contributed by atoms with Crippen molar-refractivity contribution in [2.45, 2.75) is 51.6 Å². The molecular weight excluding hydrogens is 230 g/mol. The highest BCUT2D eigenvalue weighted by atomic mass is 16.3. The molecule has 5 nitrogen and oxygen atoms in total. The van der Waals surface area contributed by atoms with Crippen molar-refractivity contribution in [3.05, 3.63) is 17.0 Å². The second kappa shape index (κ2) is 4.72. The largest absolute Gasteiger partial charge is 0.388 e. The molecule has 1 aliphatic rings. The minimum atomic E-state index is -0.689. The van der Waals surface area contributed by atoms with Gasteiger partial charge in [-0.15, -0.1) is 0 Å². The van der Waals surface area contributed by atoms with Gasteiger partial charge in [0.05, 0.1) is 16.9 Å². The number of aryl methyl sites for hydroxylation is 1. The summed E-state index contributed by atoms with van der Waals surface area (Å²) in [5.74, 6) is 0.0489. The summed E-state index contributed by atoms with van der Waals surface area (Å²) in [6, 6.07) is 0. The SMILES string of the molecule is Cc1[nH]nc(C(C)C)c1C(=O)NCC1(O)CCC1. The fourth-order valence-electron chi connectivity index (χ4n) is 2.25. The van der Waals surface area contributed by atoms with Gasteiger partial charge in [0.1, 0.15) is 0 Å². The molecule has 1 heterocycles. The lowest BCUT2D eigenvalue weighted by molar-refractivity contribution is -0.0300. The van der Waals surface area contributed by atoms with Gasteiger partial charge in [0.15, 0.2) is 0 Å². The lowest BCUT2D eigenvalue weighted by atomic mass is 9.80. The van der Waals surface area contributed by atoms with Gasteiger partial charge in [0, 0.05) is 12.2 Å². The molecule has 0 saturated heterocycles. The van der Waals surface area contributed by atoms with E-state index in [-0.39, 0.29) is 11.8 Å². The van der Waals surface area contributed by atoms with Crippen LogP contribution in [-0.2, 0) is 0 Å². The van der Waals surface area contributed by atoms with Crippen molar-refractivity contribution in [3.8, 4) is 0 Å². The summed E-state index contributed by atoms with van der Waals surface area (Å²) < 4.78 is 0. The van der Waals surface area contributed by atoms with Crippen LogP contribution >= 0.6 is 0 Å². The highest BCUT2D eigenvalue weighted by Gasteiger charge is 2.35. The van der Waals surface area contributed by atoms with Crippen molar-refractivity contribution >= 4 is 5.91 Å². The van der Waals surface area contributed by atoms with Gasteiger partial charge in [-0.05, 0) is 32.1 Å². The number of aromatic amines is 1. The molecule has 0 aliphatic heterocycles. The van der Waals surface area contributed by atoms with E-state index >= 15 is 0 Å². The van der Waals surface area contributed by atoms with Crippen molar-refractivity contribution < 1.29 is 9.90 Å². The van der Waals surface area contributed by atoms with E-state index in [9.17, 15) is 9.90 Å². The maximum Gasteiger partial charge on any atom is 0.255 e. The van der Waals surface area contributed by atoms with Gasteiger partial charge in [-0.25, -0.2) is 0 Å². The van der Waals surface area contributed by atoms with Crippen LogP contribution < -0.4 is 5.32 Å². The van der Waals surface area contributed by atoms with Crippen molar-refractivity contribution in [2.75, 3.05) is 6.54 Å². The Bertz CT molecular complexity index is 447. The summed E-state index contributed by atoms with van der Waals surface area (Å²) in [5.41, 5.74) is 1.49. The van der Waals surface area contributed by atoms with Gasteiger partial charge in [0.2, 0.25) is 0 Å². The van der Waals surface area contributed by atoms with E-state index in [1.807, 2.05) is 20.8 Å². The van der Waals surface area contributed by atoms with Crippen LogP contribution in [0.15, 0.2) is 0 Å². The molecule has 18 heavy (non-hydrogen) atoms. The number of nitrogens with one attached hydrogen (secondary N) is 2. The summed E-state index contributed by atoms with van der Waals surface area (Å²) in [5, 5.41) is 19.8. The number of aromatic nitrogens is 2. The molecule has 0 unspecified atom stereocenters. The summed E-state index contributed by atoms with van der Waals surface area (Å²) >= 11 is 0. The first-order chi connectivity index (χ1) is 8.43. The van der Waals surface area contributed by atoms with Gasteiger partial charge in [-0.3, -0.25) is 9.89 Å². The Labute approximate surface area is 107 Å². The lowest BCUT2D eigenvalue weighted by Crippen LogP contribution is -2.47. The molecule has 0 atom stereocenters. The van der Waals surface area contributed by atoms with Crippen LogP contribution in [0.25, 0.3) is 0 Å². The van der Waals surface area contributed by atoms with E-state index in [0.717, 1.165) is 30.7 Å². The van der Waals surface area contributed by atoms with Crippen molar-refractivity contribution in [1.82, 2.24) is 15.5 Å². The number of carbonyl (C=O) groups is 1. The molecule has 2 rings (SSSR count). The number of hydrogen-bond donors (Lipinski definition) is 3. The topological polar surface area (TPSA) is 78.0 Å². The van der Waals surface area contributed by atoms with E-state index in [4.69, 9.17) is 0 Å². The predicted octanol–water partition coefficient (Wildman–Crippen LogP) is 1.49. The van der Waals surface area contributed by atoms with Crippen molar-refractivity contribution in [1.29, 1.82) is 0 Å². The third-order valence-electron chi connectivity index (χ3n) is 3.61. The molecule has 0 spiro atoms. The number of amides is 1. The number of carbonyl (C=O) groups excluding carboxylic acids is 1. The Morgan fingerprint density at radius 1 is 1.56 bits per heavy atom. The molecular formula is C13H21N3O2. The molecule has 1 aromatic rings. The number of rotatable bonds is 4. The molecule has 1 saturated carbocycles. The first kappa shape index (κ1) is 13.1. The lowest BCUT2D eigenvalue weighted by Gasteiger charge is -2.36. The fraction of sp³-hybridized carbons (Fsp3) is 0.692. The van der Waals surface area contributed by atoms with E-state index in [2.05, 4.69) is 15.5 Å². The number of H-pyrrole nitrogens is 1. The smallest absolute Gasteiger partial charge is 0.255 e. The molecule has 0 aromatic carbocycles. The minimum absolute atomic E-state index is 0.148. The Kier molecular flexibility index (Phi) is 3.43. The first-order valence-electron chi connectivity index (χ1n) is 6.48.